The largest absolute Gasteiger partial charge is 0.369 e. The van der Waals surface area contributed by atoms with Gasteiger partial charge in [-0.1, -0.05) is 44.9 Å². The van der Waals surface area contributed by atoms with Crippen LogP contribution in [0.5, 0.6) is 0 Å². The van der Waals surface area contributed by atoms with E-state index < -0.39 is 0 Å². The summed E-state index contributed by atoms with van der Waals surface area (Å²) in [6, 6.07) is 0. The molecule has 2 amide bonds. The van der Waals surface area contributed by atoms with Crippen LogP contribution in [0.3, 0.4) is 0 Å². The summed E-state index contributed by atoms with van der Waals surface area (Å²) in [5.74, 6) is 0.260. The molecule has 0 bridgehead atoms. The number of nitrogens with zero attached hydrogens (tertiary/aromatic N) is 1. The van der Waals surface area contributed by atoms with Gasteiger partial charge in [0.25, 0.3) is 0 Å². The van der Waals surface area contributed by atoms with Crippen molar-refractivity contribution < 1.29 is 9.59 Å². The molecule has 1 saturated heterocycles. The molecule has 23 heavy (non-hydrogen) atoms. The number of carbonyl (C=O) groups is 2. The Morgan fingerprint density at radius 2 is 1.04 bits per heavy atom. The van der Waals surface area contributed by atoms with Gasteiger partial charge in [0.15, 0.2) is 0 Å². The zero-order valence-electron chi connectivity index (χ0n) is 14.6. The van der Waals surface area contributed by atoms with E-state index in [4.69, 9.17) is 5.73 Å². The van der Waals surface area contributed by atoms with Crippen LogP contribution >= 0.6 is 0 Å². The summed E-state index contributed by atoms with van der Waals surface area (Å²) in [6.07, 6.45) is 14.7. The van der Waals surface area contributed by atoms with Crippen LogP contribution in [0.4, 0.5) is 0 Å². The Kier molecular flexibility index (Phi) is 7.90. The third-order valence-electron chi connectivity index (χ3n) is 5.65. The minimum Gasteiger partial charge on any atom is -0.369 e. The van der Waals surface area contributed by atoms with Crippen LogP contribution in [0.1, 0.15) is 83.5 Å². The number of rotatable bonds is 2. The Hall–Kier alpha value is -1.06. The second kappa shape index (κ2) is 9.94. The molecule has 2 rings (SSSR count). The van der Waals surface area contributed by atoms with Crippen molar-refractivity contribution in [1.29, 1.82) is 0 Å². The molecule has 0 atom stereocenters. The van der Waals surface area contributed by atoms with Crippen molar-refractivity contribution in [1.82, 2.24) is 4.90 Å². The molecule has 0 radical (unpaired) electrons. The van der Waals surface area contributed by atoms with Crippen molar-refractivity contribution in [2.24, 2.45) is 17.6 Å². The first kappa shape index (κ1) is 18.3. The lowest BCUT2D eigenvalue weighted by atomic mass is 9.81. The Balaban J connectivity index is 1.83. The van der Waals surface area contributed by atoms with E-state index >= 15 is 0 Å². The normalized spacial score (nSPS) is 28.4. The molecule has 2 N–H and O–H groups in total. The molecular formula is C19H34N2O2. The summed E-state index contributed by atoms with van der Waals surface area (Å²) < 4.78 is 0. The lowest BCUT2D eigenvalue weighted by Crippen LogP contribution is -2.40. The van der Waals surface area contributed by atoms with Gasteiger partial charge in [0.1, 0.15) is 0 Å². The number of primary amides is 1. The number of hydrogen-bond acceptors (Lipinski definition) is 2. The predicted molar refractivity (Wildman–Crippen MR) is 92.8 cm³/mol. The van der Waals surface area contributed by atoms with Gasteiger partial charge < -0.3 is 10.6 Å². The van der Waals surface area contributed by atoms with Crippen molar-refractivity contribution in [3.05, 3.63) is 0 Å². The van der Waals surface area contributed by atoms with Crippen LogP contribution < -0.4 is 5.73 Å². The Morgan fingerprint density at radius 3 is 1.48 bits per heavy atom. The molecule has 2 aliphatic rings. The smallest absolute Gasteiger partial charge is 0.225 e. The molecule has 1 saturated carbocycles. The van der Waals surface area contributed by atoms with E-state index in [2.05, 4.69) is 4.90 Å². The maximum atomic E-state index is 12.9. The third kappa shape index (κ3) is 6.15. The number of carbonyl (C=O) groups excluding carboxylic acids is 2. The minimum absolute atomic E-state index is 0.00893. The van der Waals surface area contributed by atoms with Gasteiger partial charge in [0.05, 0.1) is 0 Å². The van der Waals surface area contributed by atoms with Gasteiger partial charge in [0.2, 0.25) is 11.8 Å². The minimum atomic E-state index is -0.192. The molecule has 2 fully saturated rings. The van der Waals surface area contributed by atoms with E-state index in [0.29, 0.717) is 5.91 Å². The fraction of sp³-hybridized carbons (Fsp3) is 0.895. The van der Waals surface area contributed by atoms with Crippen LogP contribution in [0.25, 0.3) is 0 Å². The van der Waals surface area contributed by atoms with E-state index in [0.717, 1.165) is 51.6 Å². The van der Waals surface area contributed by atoms with Crippen LogP contribution in [-0.2, 0) is 9.59 Å². The molecule has 4 heteroatoms. The first-order valence-corrected chi connectivity index (χ1v) is 9.76. The number of hydrogen-bond donors (Lipinski definition) is 1. The van der Waals surface area contributed by atoms with Gasteiger partial charge in [-0.15, -0.1) is 0 Å². The average molecular weight is 322 g/mol. The molecule has 4 nitrogen and oxygen atoms in total. The lowest BCUT2D eigenvalue weighted by molar-refractivity contribution is -0.138. The first-order valence-electron chi connectivity index (χ1n) is 9.76. The highest BCUT2D eigenvalue weighted by atomic mass is 16.2. The van der Waals surface area contributed by atoms with Crippen LogP contribution in [0.15, 0.2) is 0 Å². The second-order valence-electron chi connectivity index (χ2n) is 7.46. The fourth-order valence-electron chi connectivity index (χ4n) is 4.06. The summed E-state index contributed by atoms with van der Waals surface area (Å²) >= 11 is 0. The fourth-order valence-corrected chi connectivity index (χ4v) is 4.06. The second-order valence-corrected chi connectivity index (χ2v) is 7.46. The third-order valence-corrected chi connectivity index (χ3v) is 5.65. The first-order chi connectivity index (χ1) is 11.2. The molecule has 1 aliphatic heterocycles. The molecule has 1 heterocycles. The Bertz CT molecular complexity index is 364. The molecule has 0 aromatic carbocycles. The van der Waals surface area contributed by atoms with E-state index in [1.165, 1.54) is 44.9 Å². The summed E-state index contributed by atoms with van der Waals surface area (Å²) in [6.45, 7) is 1.85. The number of amides is 2. The van der Waals surface area contributed by atoms with E-state index in [1.807, 2.05) is 0 Å². The van der Waals surface area contributed by atoms with Crippen molar-refractivity contribution in [3.63, 3.8) is 0 Å². The highest BCUT2D eigenvalue weighted by Crippen LogP contribution is 2.30. The number of nitrogens with two attached hydrogens (primary N) is 1. The topological polar surface area (TPSA) is 63.4 Å². The van der Waals surface area contributed by atoms with Crippen molar-refractivity contribution >= 4 is 11.8 Å². The molecular weight excluding hydrogens is 288 g/mol. The highest BCUT2D eigenvalue weighted by Gasteiger charge is 2.31. The van der Waals surface area contributed by atoms with Crippen LogP contribution in [0.2, 0.25) is 0 Å². The van der Waals surface area contributed by atoms with Gasteiger partial charge in [-0.2, -0.15) is 0 Å². The highest BCUT2D eigenvalue weighted by molar-refractivity contribution is 5.80. The molecule has 0 aromatic heterocycles. The quantitative estimate of drug-likeness (QED) is 0.843. The van der Waals surface area contributed by atoms with E-state index in [1.54, 1.807) is 0 Å². The molecule has 132 valence electrons. The van der Waals surface area contributed by atoms with E-state index in [9.17, 15) is 9.59 Å². The summed E-state index contributed by atoms with van der Waals surface area (Å²) in [4.78, 5) is 26.3. The average Bonchev–Trinajstić information content (AvgIpc) is 2.55. The van der Waals surface area contributed by atoms with Gasteiger partial charge in [-0.3, -0.25) is 9.59 Å². The van der Waals surface area contributed by atoms with Gasteiger partial charge >= 0.3 is 0 Å². The summed E-state index contributed by atoms with van der Waals surface area (Å²) in [5.41, 5.74) is 5.39. The van der Waals surface area contributed by atoms with Crippen LogP contribution in [0, 0.1) is 11.8 Å². The zero-order chi connectivity index (χ0) is 16.5. The van der Waals surface area contributed by atoms with Gasteiger partial charge in [-0.25, -0.2) is 0 Å². The summed E-state index contributed by atoms with van der Waals surface area (Å²) in [5, 5.41) is 0. The predicted octanol–water partition coefficient (Wildman–Crippen LogP) is 3.63. The van der Waals surface area contributed by atoms with Crippen LogP contribution in [-0.4, -0.2) is 29.8 Å². The zero-order valence-corrected chi connectivity index (χ0v) is 14.6. The Morgan fingerprint density at radius 1 is 0.652 bits per heavy atom. The van der Waals surface area contributed by atoms with Gasteiger partial charge in [-0.05, 0) is 38.5 Å². The Labute approximate surface area is 141 Å². The SMILES string of the molecule is NC(=O)C1CCC(C(=O)N2CCCCCCCCCCC2)CC1. The van der Waals surface area contributed by atoms with Crippen molar-refractivity contribution in [2.75, 3.05) is 13.1 Å². The van der Waals surface area contributed by atoms with Crippen molar-refractivity contribution in [3.8, 4) is 0 Å². The standard InChI is InChI=1S/C19H34N2O2/c20-18(22)16-10-12-17(13-11-16)19(23)21-14-8-6-4-2-1-3-5-7-9-15-21/h16-17H,1-15H2,(H2,20,22). The monoisotopic (exact) mass is 322 g/mol. The maximum absolute atomic E-state index is 12.9. The lowest BCUT2D eigenvalue weighted by Gasteiger charge is -2.31. The molecule has 0 aromatic rings. The maximum Gasteiger partial charge on any atom is 0.225 e. The molecule has 0 unspecified atom stereocenters. The molecule has 1 aliphatic carbocycles. The van der Waals surface area contributed by atoms with Gasteiger partial charge in [0, 0.05) is 24.9 Å². The molecule has 0 spiro atoms. The van der Waals surface area contributed by atoms with Crippen molar-refractivity contribution in [2.45, 2.75) is 83.5 Å². The van der Waals surface area contributed by atoms with E-state index in [-0.39, 0.29) is 17.7 Å². The summed E-state index contributed by atoms with van der Waals surface area (Å²) in [7, 11) is 0.